The van der Waals surface area contributed by atoms with Crippen molar-refractivity contribution < 1.29 is 4.74 Å². The summed E-state index contributed by atoms with van der Waals surface area (Å²) in [4.78, 5) is 0. The molecule has 0 spiro atoms. The third kappa shape index (κ3) is 10.3. The lowest BCUT2D eigenvalue weighted by molar-refractivity contribution is 0.116. The van der Waals surface area contributed by atoms with Gasteiger partial charge in [-0.3, -0.25) is 0 Å². The van der Waals surface area contributed by atoms with Gasteiger partial charge in [0.25, 0.3) is 0 Å². The zero-order valence-electron chi connectivity index (χ0n) is 16.0. The van der Waals surface area contributed by atoms with Crippen LogP contribution in [0.3, 0.4) is 0 Å². The first kappa shape index (κ1) is 23.4. The summed E-state index contributed by atoms with van der Waals surface area (Å²) < 4.78 is 8.27. The summed E-state index contributed by atoms with van der Waals surface area (Å²) in [6.07, 6.45) is 8.94. The molecule has 0 aliphatic heterocycles. The van der Waals surface area contributed by atoms with Gasteiger partial charge < -0.3 is 4.74 Å². The predicted molar refractivity (Wildman–Crippen MR) is 126 cm³/mol. The minimum atomic E-state index is 0.207. The van der Waals surface area contributed by atoms with E-state index in [0.717, 1.165) is 19.0 Å². The second-order valence-corrected chi connectivity index (χ2v) is 10.2. The zero-order chi connectivity index (χ0) is 18.5. The van der Waals surface area contributed by atoms with E-state index < -0.39 is 0 Å². The highest BCUT2D eigenvalue weighted by atomic mass is 127. The molecule has 0 bridgehead atoms. The first-order valence-electron chi connectivity index (χ1n) is 9.45. The van der Waals surface area contributed by atoms with Crippen LogP contribution in [0, 0.1) is 8.99 Å². The molecular weight excluding hydrogens is 459 g/mol. The molecule has 4 heteroatoms. The lowest BCUT2D eigenvalue weighted by atomic mass is 9.89. The SMILES string of the molecule is CCSC(=S)C(C)(C)CCCCCCCCOCc1ccccc1I. The molecule has 25 heavy (non-hydrogen) atoms. The van der Waals surface area contributed by atoms with Gasteiger partial charge in [-0.05, 0) is 52.8 Å². The number of benzene rings is 1. The lowest BCUT2D eigenvalue weighted by Gasteiger charge is -2.25. The second kappa shape index (κ2) is 13.5. The molecule has 0 saturated carbocycles. The molecule has 142 valence electrons. The van der Waals surface area contributed by atoms with Crippen LogP contribution in [-0.4, -0.2) is 16.6 Å². The number of ether oxygens (including phenoxy) is 1. The van der Waals surface area contributed by atoms with E-state index in [2.05, 4.69) is 67.6 Å². The van der Waals surface area contributed by atoms with Crippen LogP contribution in [-0.2, 0) is 11.3 Å². The number of thiocarbonyl (C=S) groups is 1. The van der Waals surface area contributed by atoms with E-state index in [1.165, 1.54) is 58.3 Å². The van der Waals surface area contributed by atoms with Crippen molar-refractivity contribution in [2.24, 2.45) is 5.41 Å². The molecule has 0 N–H and O–H groups in total. The highest BCUT2D eigenvalue weighted by molar-refractivity contribution is 14.1. The Hall–Kier alpha value is 0.350. The van der Waals surface area contributed by atoms with Crippen molar-refractivity contribution in [3.8, 4) is 0 Å². The van der Waals surface area contributed by atoms with Gasteiger partial charge in [0.1, 0.15) is 0 Å². The van der Waals surface area contributed by atoms with Crippen LogP contribution in [0.5, 0.6) is 0 Å². The number of hydrogen-bond acceptors (Lipinski definition) is 3. The number of hydrogen-bond donors (Lipinski definition) is 0. The first-order valence-corrected chi connectivity index (χ1v) is 11.9. The average molecular weight is 493 g/mol. The number of rotatable bonds is 13. The smallest absolute Gasteiger partial charge is 0.0727 e. The Labute approximate surface area is 178 Å². The number of thioether (sulfide) groups is 1. The molecule has 0 aliphatic carbocycles. The molecule has 1 nitrogen and oxygen atoms in total. The maximum absolute atomic E-state index is 5.80. The molecule has 0 aromatic heterocycles. The molecule has 1 aromatic rings. The van der Waals surface area contributed by atoms with E-state index in [0.29, 0.717) is 0 Å². The Kier molecular flexibility index (Phi) is 12.6. The Bertz CT molecular complexity index is 502. The molecule has 1 rings (SSSR count). The van der Waals surface area contributed by atoms with Gasteiger partial charge in [0.05, 0.1) is 10.8 Å². The van der Waals surface area contributed by atoms with Gasteiger partial charge in [0, 0.05) is 15.6 Å². The van der Waals surface area contributed by atoms with E-state index in [9.17, 15) is 0 Å². The Morgan fingerprint density at radius 2 is 1.72 bits per heavy atom. The lowest BCUT2D eigenvalue weighted by Crippen LogP contribution is -2.19. The van der Waals surface area contributed by atoms with Crippen molar-refractivity contribution in [3.05, 3.63) is 33.4 Å². The van der Waals surface area contributed by atoms with Crippen LogP contribution in [0.15, 0.2) is 24.3 Å². The quantitative estimate of drug-likeness (QED) is 0.159. The van der Waals surface area contributed by atoms with Gasteiger partial charge in [-0.25, -0.2) is 0 Å². The van der Waals surface area contributed by atoms with E-state index >= 15 is 0 Å². The highest BCUT2D eigenvalue weighted by Gasteiger charge is 2.22. The topological polar surface area (TPSA) is 9.23 Å². The van der Waals surface area contributed by atoms with Gasteiger partial charge in [0.15, 0.2) is 0 Å². The standard InChI is InChI=1S/C21H33IOS2/c1-4-25-20(24)21(2,3)15-11-7-5-6-8-12-16-23-17-18-13-9-10-14-19(18)22/h9-10,13-14H,4-8,11-12,15-17H2,1-3H3. The average Bonchev–Trinajstić information content (AvgIpc) is 2.58. The van der Waals surface area contributed by atoms with Gasteiger partial charge in [-0.1, -0.05) is 83.3 Å². The maximum atomic E-state index is 5.80. The monoisotopic (exact) mass is 492 g/mol. The fourth-order valence-corrected chi connectivity index (χ4v) is 4.46. The molecular formula is C21H33IOS2. The summed E-state index contributed by atoms with van der Waals surface area (Å²) in [5, 5.41) is 0. The van der Waals surface area contributed by atoms with Crippen molar-refractivity contribution >= 4 is 50.8 Å². The van der Waals surface area contributed by atoms with Crippen molar-refractivity contribution in [1.82, 2.24) is 0 Å². The van der Waals surface area contributed by atoms with Crippen LogP contribution < -0.4 is 0 Å². The Morgan fingerprint density at radius 3 is 2.40 bits per heavy atom. The van der Waals surface area contributed by atoms with Gasteiger partial charge in [-0.2, -0.15) is 0 Å². The van der Waals surface area contributed by atoms with Crippen LogP contribution in [0.4, 0.5) is 0 Å². The largest absolute Gasteiger partial charge is 0.377 e. The van der Waals surface area contributed by atoms with Crippen molar-refractivity contribution in [2.75, 3.05) is 12.4 Å². The summed E-state index contributed by atoms with van der Waals surface area (Å²) >= 11 is 9.75. The van der Waals surface area contributed by atoms with E-state index in [1.807, 2.05) is 11.8 Å². The summed E-state index contributed by atoms with van der Waals surface area (Å²) in [7, 11) is 0. The Balaban J connectivity index is 1.97. The predicted octanol–water partition coefficient (Wildman–Crippen LogP) is 7.65. The Morgan fingerprint density at radius 1 is 1.08 bits per heavy atom. The van der Waals surface area contributed by atoms with Crippen LogP contribution in [0.2, 0.25) is 0 Å². The van der Waals surface area contributed by atoms with Crippen LogP contribution >= 0.6 is 46.6 Å². The minimum Gasteiger partial charge on any atom is -0.377 e. The van der Waals surface area contributed by atoms with Gasteiger partial charge in [-0.15, -0.1) is 11.8 Å². The van der Waals surface area contributed by atoms with Crippen LogP contribution in [0.25, 0.3) is 0 Å². The highest BCUT2D eigenvalue weighted by Crippen LogP contribution is 2.31. The maximum Gasteiger partial charge on any atom is 0.0727 e. The summed E-state index contributed by atoms with van der Waals surface area (Å²) in [5.74, 6) is 1.09. The number of unbranched alkanes of at least 4 members (excludes halogenated alkanes) is 5. The number of halogens is 1. The zero-order valence-corrected chi connectivity index (χ0v) is 19.8. The first-order chi connectivity index (χ1) is 12.0. The second-order valence-electron chi connectivity index (χ2n) is 7.12. The minimum absolute atomic E-state index is 0.207. The summed E-state index contributed by atoms with van der Waals surface area (Å²) in [6, 6.07) is 8.43. The fraction of sp³-hybridized carbons (Fsp3) is 0.667. The fourth-order valence-electron chi connectivity index (χ4n) is 2.70. The molecule has 0 amide bonds. The molecule has 0 unspecified atom stereocenters. The molecule has 0 heterocycles. The molecule has 0 fully saturated rings. The molecule has 0 radical (unpaired) electrons. The molecule has 0 saturated heterocycles. The summed E-state index contributed by atoms with van der Waals surface area (Å²) in [5.41, 5.74) is 1.50. The molecule has 1 aromatic carbocycles. The van der Waals surface area contributed by atoms with Crippen molar-refractivity contribution in [2.45, 2.75) is 72.3 Å². The third-order valence-corrected chi connectivity index (χ3v) is 7.45. The van der Waals surface area contributed by atoms with E-state index in [-0.39, 0.29) is 5.41 Å². The third-order valence-electron chi connectivity index (χ3n) is 4.38. The van der Waals surface area contributed by atoms with E-state index in [1.54, 1.807) is 0 Å². The molecule has 0 aliphatic rings. The van der Waals surface area contributed by atoms with Crippen molar-refractivity contribution in [3.63, 3.8) is 0 Å². The van der Waals surface area contributed by atoms with E-state index in [4.69, 9.17) is 17.0 Å². The molecule has 0 atom stereocenters. The van der Waals surface area contributed by atoms with Crippen molar-refractivity contribution in [1.29, 1.82) is 0 Å². The van der Waals surface area contributed by atoms with Gasteiger partial charge >= 0.3 is 0 Å². The van der Waals surface area contributed by atoms with Gasteiger partial charge in [0.2, 0.25) is 0 Å². The normalized spacial score (nSPS) is 11.7. The van der Waals surface area contributed by atoms with Crippen LogP contribution in [0.1, 0.15) is 71.3 Å². The summed E-state index contributed by atoms with van der Waals surface area (Å²) in [6.45, 7) is 8.38.